The van der Waals surface area contributed by atoms with Crippen LogP contribution in [0.4, 0.5) is 4.39 Å². The third kappa shape index (κ3) is 2.91. The van der Waals surface area contributed by atoms with Crippen molar-refractivity contribution in [3.05, 3.63) is 64.1 Å². The Bertz CT molecular complexity index is 520. The van der Waals surface area contributed by atoms with Gasteiger partial charge in [0.05, 0.1) is 0 Å². The van der Waals surface area contributed by atoms with E-state index in [0.29, 0.717) is 5.56 Å². The van der Waals surface area contributed by atoms with E-state index in [0.717, 1.165) is 10.0 Å². The molecule has 3 heteroatoms. The van der Waals surface area contributed by atoms with Crippen molar-refractivity contribution in [2.45, 2.75) is 0 Å². The van der Waals surface area contributed by atoms with Crippen LogP contribution in [0, 0.1) is 17.7 Å². The minimum Gasteiger partial charge on any atom is -0.262 e. The van der Waals surface area contributed by atoms with Gasteiger partial charge in [0.1, 0.15) is 5.82 Å². The molecule has 0 N–H and O–H groups in total. The number of halogens is 2. The zero-order valence-corrected chi connectivity index (χ0v) is 9.83. The molecule has 0 fully saturated rings. The topological polar surface area (TPSA) is 12.9 Å². The molecule has 0 aliphatic heterocycles. The van der Waals surface area contributed by atoms with Gasteiger partial charge in [-0.05, 0) is 40.2 Å². The zero-order chi connectivity index (χ0) is 11.4. The van der Waals surface area contributed by atoms with Crippen molar-refractivity contribution in [1.29, 1.82) is 0 Å². The van der Waals surface area contributed by atoms with Crippen molar-refractivity contribution in [1.82, 2.24) is 4.98 Å². The molecule has 2 aromatic rings. The molecule has 0 amide bonds. The van der Waals surface area contributed by atoms with Gasteiger partial charge in [0.15, 0.2) is 0 Å². The molecule has 0 atom stereocenters. The Morgan fingerprint density at radius 3 is 2.62 bits per heavy atom. The highest BCUT2D eigenvalue weighted by Gasteiger charge is 1.91. The van der Waals surface area contributed by atoms with Gasteiger partial charge < -0.3 is 0 Å². The van der Waals surface area contributed by atoms with E-state index in [1.54, 1.807) is 24.5 Å². The molecule has 0 bridgehead atoms. The molecular weight excluding hydrogens is 269 g/mol. The molecule has 0 radical (unpaired) electrons. The average molecular weight is 276 g/mol. The number of nitrogens with zero attached hydrogens (tertiary/aromatic N) is 1. The van der Waals surface area contributed by atoms with Crippen LogP contribution in [-0.2, 0) is 0 Å². The molecule has 16 heavy (non-hydrogen) atoms. The summed E-state index contributed by atoms with van der Waals surface area (Å²) in [4.78, 5) is 3.99. The van der Waals surface area contributed by atoms with Crippen LogP contribution in [0.5, 0.6) is 0 Å². The van der Waals surface area contributed by atoms with Crippen molar-refractivity contribution in [3.63, 3.8) is 0 Å². The first kappa shape index (κ1) is 10.8. The molecule has 2 rings (SSSR count). The number of hydrogen-bond acceptors (Lipinski definition) is 1. The minimum atomic E-state index is -0.279. The van der Waals surface area contributed by atoms with Gasteiger partial charge in [0, 0.05) is 28.0 Å². The maximum atomic E-state index is 12.9. The smallest absolute Gasteiger partial charge is 0.124 e. The van der Waals surface area contributed by atoms with E-state index in [1.165, 1.54) is 12.1 Å². The summed E-state index contributed by atoms with van der Waals surface area (Å²) in [7, 11) is 0. The van der Waals surface area contributed by atoms with Gasteiger partial charge in [-0.3, -0.25) is 4.98 Å². The van der Waals surface area contributed by atoms with Crippen LogP contribution >= 0.6 is 15.9 Å². The normalized spacial score (nSPS) is 9.38. The first-order chi connectivity index (χ1) is 7.74. The molecule has 0 aliphatic carbocycles. The molecule has 1 aromatic heterocycles. The Kier molecular flexibility index (Phi) is 3.33. The second-order valence-corrected chi connectivity index (χ2v) is 4.07. The molecular formula is C13H7BrFN. The molecule has 78 valence electrons. The second-order valence-electron chi connectivity index (χ2n) is 3.15. The lowest BCUT2D eigenvalue weighted by molar-refractivity contribution is 0.627. The zero-order valence-electron chi connectivity index (χ0n) is 8.24. The van der Waals surface area contributed by atoms with Crippen molar-refractivity contribution in [2.75, 3.05) is 0 Å². The van der Waals surface area contributed by atoms with Gasteiger partial charge in [0.2, 0.25) is 0 Å². The van der Waals surface area contributed by atoms with Crippen molar-refractivity contribution >= 4 is 15.9 Å². The molecule has 1 aromatic carbocycles. The number of hydrogen-bond donors (Lipinski definition) is 0. The van der Waals surface area contributed by atoms with Crippen LogP contribution in [0.3, 0.4) is 0 Å². The molecule has 0 saturated carbocycles. The molecule has 0 unspecified atom stereocenters. The monoisotopic (exact) mass is 275 g/mol. The number of pyridine rings is 1. The van der Waals surface area contributed by atoms with Gasteiger partial charge >= 0.3 is 0 Å². The molecule has 0 saturated heterocycles. The Morgan fingerprint density at radius 1 is 1.06 bits per heavy atom. The fourth-order valence-corrected chi connectivity index (χ4v) is 1.56. The number of benzene rings is 1. The third-order valence-electron chi connectivity index (χ3n) is 1.88. The van der Waals surface area contributed by atoms with Crippen molar-refractivity contribution in [2.24, 2.45) is 0 Å². The summed E-state index contributed by atoms with van der Waals surface area (Å²) in [6.45, 7) is 0. The van der Waals surface area contributed by atoms with E-state index in [2.05, 4.69) is 32.8 Å². The lowest BCUT2D eigenvalue weighted by Gasteiger charge is -1.91. The van der Waals surface area contributed by atoms with E-state index in [9.17, 15) is 4.39 Å². The summed E-state index contributed by atoms with van der Waals surface area (Å²) in [6.07, 6.45) is 3.35. The van der Waals surface area contributed by atoms with Crippen LogP contribution in [0.1, 0.15) is 11.1 Å². The van der Waals surface area contributed by atoms with Crippen LogP contribution in [0.2, 0.25) is 0 Å². The van der Waals surface area contributed by atoms with E-state index in [-0.39, 0.29) is 5.82 Å². The molecule has 0 spiro atoms. The van der Waals surface area contributed by atoms with E-state index >= 15 is 0 Å². The maximum absolute atomic E-state index is 12.9. The fourth-order valence-electron chi connectivity index (χ4n) is 1.19. The molecule has 1 heterocycles. The largest absolute Gasteiger partial charge is 0.262 e. The third-order valence-corrected chi connectivity index (χ3v) is 2.31. The van der Waals surface area contributed by atoms with Gasteiger partial charge in [-0.15, -0.1) is 0 Å². The predicted molar refractivity (Wildman–Crippen MR) is 64.3 cm³/mol. The lowest BCUT2D eigenvalue weighted by atomic mass is 10.2. The highest BCUT2D eigenvalue weighted by Crippen LogP contribution is 2.08. The summed E-state index contributed by atoms with van der Waals surface area (Å²) in [6, 6.07) is 8.06. The Hall–Kier alpha value is -1.66. The highest BCUT2D eigenvalue weighted by atomic mass is 79.9. The predicted octanol–water partition coefficient (Wildman–Crippen LogP) is 3.38. The minimum absolute atomic E-state index is 0.279. The lowest BCUT2D eigenvalue weighted by Crippen LogP contribution is -1.80. The van der Waals surface area contributed by atoms with Gasteiger partial charge in [-0.2, -0.15) is 0 Å². The van der Waals surface area contributed by atoms with E-state index in [1.807, 2.05) is 6.07 Å². The van der Waals surface area contributed by atoms with Crippen LogP contribution in [-0.4, -0.2) is 4.98 Å². The Morgan fingerprint density at radius 2 is 1.88 bits per heavy atom. The molecule has 1 nitrogen and oxygen atoms in total. The first-order valence-corrected chi connectivity index (χ1v) is 5.41. The van der Waals surface area contributed by atoms with Crippen molar-refractivity contribution < 1.29 is 4.39 Å². The maximum Gasteiger partial charge on any atom is 0.124 e. The summed E-state index contributed by atoms with van der Waals surface area (Å²) in [5.41, 5.74) is 1.44. The van der Waals surface area contributed by atoms with Crippen molar-refractivity contribution in [3.8, 4) is 11.8 Å². The Labute approximate surface area is 101 Å². The van der Waals surface area contributed by atoms with Crippen LogP contribution in [0.15, 0.2) is 47.2 Å². The fraction of sp³-hybridized carbons (Fsp3) is 0. The summed E-state index contributed by atoms with van der Waals surface area (Å²) < 4.78 is 13.7. The number of aromatic nitrogens is 1. The summed E-state index contributed by atoms with van der Waals surface area (Å²) >= 11 is 3.31. The quantitative estimate of drug-likeness (QED) is 0.672. The molecule has 0 aliphatic rings. The standard InChI is InChI=1S/C13H7BrFN/c14-12-6-11(8-16-9-12)5-4-10-2-1-3-13(15)7-10/h1-3,6-9H. The van der Waals surface area contributed by atoms with Gasteiger partial charge in [0.25, 0.3) is 0 Å². The average Bonchev–Trinajstić information content (AvgIpc) is 2.27. The SMILES string of the molecule is Fc1cccc(C#Cc2cncc(Br)c2)c1. The van der Waals surface area contributed by atoms with E-state index in [4.69, 9.17) is 0 Å². The van der Waals surface area contributed by atoms with Crippen LogP contribution in [0.25, 0.3) is 0 Å². The van der Waals surface area contributed by atoms with Crippen LogP contribution < -0.4 is 0 Å². The second kappa shape index (κ2) is 4.91. The number of rotatable bonds is 0. The first-order valence-electron chi connectivity index (χ1n) is 4.62. The van der Waals surface area contributed by atoms with Gasteiger partial charge in [-0.25, -0.2) is 4.39 Å². The Balaban J connectivity index is 2.28. The summed E-state index contributed by atoms with van der Waals surface area (Å²) in [5, 5.41) is 0. The van der Waals surface area contributed by atoms with Gasteiger partial charge in [-0.1, -0.05) is 17.9 Å². The van der Waals surface area contributed by atoms with E-state index < -0.39 is 0 Å². The highest BCUT2D eigenvalue weighted by molar-refractivity contribution is 9.10. The summed E-state index contributed by atoms with van der Waals surface area (Å²) in [5.74, 6) is 5.52.